The summed E-state index contributed by atoms with van der Waals surface area (Å²) in [6.07, 6.45) is 17.1. The minimum absolute atomic E-state index is 0.376. The highest BCUT2D eigenvalue weighted by Gasteiger charge is 2.23. The van der Waals surface area contributed by atoms with Crippen molar-refractivity contribution in [2.45, 2.75) is 84.6 Å². The molecular formula is C23H39N3O. The number of carbonyl (C=O) groups is 1. The number of likely N-dealkylation sites (tertiary alicyclic amines) is 1. The van der Waals surface area contributed by atoms with Crippen LogP contribution in [0.1, 0.15) is 76.7 Å². The van der Waals surface area contributed by atoms with Crippen LogP contribution >= 0.6 is 0 Å². The number of nitrogens with zero attached hydrogens (tertiary/aromatic N) is 3. The van der Waals surface area contributed by atoms with Crippen LogP contribution in [0.5, 0.6) is 0 Å². The van der Waals surface area contributed by atoms with Crippen LogP contribution < -0.4 is 0 Å². The van der Waals surface area contributed by atoms with Crippen molar-refractivity contribution in [2.75, 3.05) is 19.6 Å². The molecule has 0 radical (unpaired) electrons. The lowest BCUT2D eigenvalue weighted by molar-refractivity contribution is -0.121. The number of hydrogen-bond acceptors (Lipinski definition) is 3. The summed E-state index contributed by atoms with van der Waals surface area (Å²) in [5.41, 5.74) is 1.26. The van der Waals surface area contributed by atoms with Gasteiger partial charge in [-0.1, -0.05) is 19.3 Å². The van der Waals surface area contributed by atoms with Crippen LogP contribution in [-0.2, 0) is 11.3 Å². The lowest BCUT2D eigenvalue weighted by Crippen LogP contribution is -2.35. The molecule has 1 aliphatic heterocycles. The zero-order chi connectivity index (χ0) is 19.1. The minimum atomic E-state index is 0.376. The lowest BCUT2D eigenvalue weighted by Gasteiger charge is -2.32. The fourth-order valence-electron chi connectivity index (χ4n) is 5.03. The lowest BCUT2D eigenvalue weighted by atomic mass is 9.78. The Hall–Kier alpha value is -1.16. The fraction of sp³-hybridized carbons (Fsp3) is 0.826. The number of ketones is 1. The Balaban J connectivity index is 1.20. The summed E-state index contributed by atoms with van der Waals surface area (Å²) in [6, 6.07) is 0. The monoisotopic (exact) mass is 373 g/mol. The van der Waals surface area contributed by atoms with E-state index in [1.807, 2.05) is 6.20 Å². The van der Waals surface area contributed by atoms with Crippen molar-refractivity contribution in [1.82, 2.24) is 14.7 Å². The van der Waals surface area contributed by atoms with Crippen LogP contribution in [0.2, 0.25) is 0 Å². The second-order valence-electron chi connectivity index (χ2n) is 9.20. The first-order chi connectivity index (χ1) is 13.1. The number of unbranched alkanes of at least 4 members (excludes halogenated alkanes) is 2. The maximum absolute atomic E-state index is 11.5. The molecule has 1 aliphatic carbocycles. The molecule has 0 amide bonds. The molecule has 1 aromatic heterocycles. The van der Waals surface area contributed by atoms with Crippen molar-refractivity contribution in [3.05, 3.63) is 18.0 Å². The van der Waals surface area contributed by atoms with Gasteiger partial charge in [0.15, 0.2) is 0 Å². The molecule has 0 unspecified atom stereocenters. The van der Waals surface area contributed by atoms with Gasteiger partial charge in [-0.05, 0) is 95.8 Å². The highest BCUT2D eigenvalue weighted by atomic mass is 16.1. The molecule has 27 heavy (non-hydrogen) atoms. The summed E-state index contributed by atoms with van der Waals surface area (Å²) in [5, 5.41) is 4.44. The summed E-state index contributed by atoms with van der Waals surface area (Å²) >= 11 is 0. The first-order valence-electron chi connectivity index (χ1n) is 11.3. The topological polar surface area (TPSA) is 38.1 Å². The van der Waals surface area contributed by atoms with Crippen LogP contribution in [0.25, 0.3) is 0 Å². The quantitative estimate of drug-likeness (QED) is 0.580. The SMILES string of the molecule is Cc1cnn(CC2CCN(CCCCC[C@H]3CC[C@@H](C(C)=O)CC3)CC2)c1. The van der Waals surface area contributed by atoms with Gasteiger partial charge in [-0.3, -0.25) is 9.48 Å². The Morgan fingerprint density at radius 3 is 2.41 bits per heavy atom. The Labute approximate surface area is 165 Å². The van der Waals surface area contributed by atoms with E-state index in [2.05, 4.69) is 27.8 Å². The van der Waals surface area contributed by atoms with E-state index in [0.29, 0.717) is 11.7 Å². The van der Waals surface area contributed by atoms with Gasteiger partial charge in [0.2, 0.25) is 0 Å². The predicted octanol–water partition coefficient (Wildman–Crippen LogP) is 4.86. The highest BCUT2D eigenvalue weighted by molar-refractivity contribution is 5.78. The minimum Gasteiger partial charge on any atom is -0.303 e. The molecule has 1 saturated heterocycles. The Morgan fingerprint density at radius 1 is 1.04 bits per heavy atom. The van der Waals surface area contributed by atoms with E-state index in [9.17, 15) is 4.79 Å². The van der Waals surface area contributed by atoms with Gasteiger partial charge in [0.05, 0.1) is 6.20 Å². The smallest absolute Gasteiger partial charge is 0.132 e. The van der Waals surface area contributed by atoms with Crippen LogP contribution in [0, 0.1) is 24.7 Å². The largest absolute Gasteiger partial charge is 0.303 e. The van der Waals surface area contributed by atoms with Crippen molar-refractivity contribution >= 4 is 5.78 Å². The molecule has 2 heterocycles. The molecule has 1 aromatic rings. The van der Waals surface area contributed by atoms with Gasteiger partial charge in [-0.15, -0.1) is 0 Å². The summed E-state index contributed by atoms with van der Waals surface area (Å²) < 4.78 is 2.12. The maximum Gasteiger partial charge on any atom is 0.132 e. The fourth-order valence-corrected chi connectivity index (χ4v) is 5.03. The second kappa shape index (κ2) is 10.4. The van der Waals surface area contributed by atoms with Crippen LogP contribution in [0.3, 0.4) is 0 Å². The summed E-state index contributed by atoms with van der Waals surface area (Å²) in [4.78, 5) is 14.1. The summed E-state index contributed by atoms with van der Waals surface area (Å²) in [5.74, 6) is 2.48. The van der Waals surface area contributed by atoms with E-state index in [0.717, 1.165) is 31.2 Å². The van der Waals surface area contributed by atoms with Gasteiger partial charge in [0.1, 0.15) is 5.78 Å². The average molecular weight is 374 g/mol. The summed E-state index contributed by atoms with van der Waals surface area (Å²) in [7, 11) is 0. The van der Waals surface area contributed by atoms with E-state index in [1.54, 1.807) is 6.92 Å². The van der Waals surface area contributed by atoms with Crippen LogP contribution in [0.4, 0.5) is 0 Å². The van der Waals surface area contributed by atoms with Gasteiger partial charge < -0.3 is 4.90 Å². The third-order valence-electron chi connectivity index (χ3n) is 6.92. The highest BCUT2D eigenvalue weighted by Crippen LogP contribution is 2.32. The molecule has 0 N–H and O–H groups in total. The van der Waals surface area contributed by atoms with E-state index in [-0.39, 0.29) is 0 Å². The summed E-state index contributed by atoms with van der Waals surface area (Å²) in [6.45, 7) is 8.79. The first-order valence-corrected chi connectivity index (χ1v) is 11.3. The van der Waals surface area contributed by atoms with Crippen molar-refractivity contribution in [2.24, 2.45) is 17.8 Å². The number of piperidine rings is 1. The maximum atomic E-state index is 11.5. The molecule has 2 aliphatic rings. The van der Waals surface area contributed by atoms with Gasteiger partial charge in [0, 0.05) is 18.7 Å². The number of Topliss-reactive ketones (excluding diaryl/α,β-unsaturated/α-hetero) is 1. The van der Waals surface area contributed by atoms with E-state index >= 15 is 0 Å². The number of rotatable bonds is 9. The van der Waals surface area contributed by atoms with Gasteiger partial charge in [-0.25, -0.2) is 0 Å². The zero-order valence-electron chi connectivity index (χ0n) is 17.5. The normalized spacial score (nSPS) is 25.0. The molecule has 3 rings (SSSR count). The molecule has 1 saturated carbocycles. The Morgan fingerprint density at radius 2 is 1.78 bits per heavy atom. The van der Waals surface area contributed by atoms with Crippen molar-refractivity contribution in [3.8, 4) is 0 Å². The van der Waals surface area contributed by atoms with Crippen molar-refractivity contribution in [1.29, 1.82) is 0 Å². The Bertz CT molecular complexity index is 566. The van der Waals surface area contributed by atoms with E-state index in [1.165, 1.54) is 76.6 Å². The molecule has 0 spiro atoms. The molecule has 4 nitrogen and oxygen atoms in total. The number of aromatic nitrogens is 2. The molecule has 0 aromatic carbocycles. The molecule has 4 heteroatoms. The number of hydrogen-bond donors (Lipinski definition) is 0. The Kier molecular flexibility index (Phi) is 7.93. The van der Waals surface area contributed by atoms with Gasteiger partial charge in [0.25, 0.3) is 0 Å². The van der Waals surface area contributed by atoms with E-state index in [4.69, 9.17) is 0 Å². The van der Waals surface area contributed by atoms with Gasteiger partial charge in [-0.2, -0.15) is 5.10 Å². The van der Waals surface area contributed by atoms with Crippen LogP contribution in [0.15, 0.2) is 12.4 Å². The van der Waals surface area contributed by atoms with Crippen LogP contribution in [-0.4, -0.2) is 40.1 Å². The molecule has 2 fully saturated rings. The predicted molar refractivity (Wildman–Crippen MR) is 111 cm³/mol. The van der Waals surface area contributed by atoms with Crippen molar-refractivity contribution in [3.63, 3.8) is 0 Å². The third kappa shape index (κ3) is 6.74. The third-order valence-corrected chi connectivity index (χ3v) is 6.92. The van der Waals surface area contributed by atoms with E-state index < -0.39 is 0 Å². The standard InChI is InChI=1S/C23H39N3O/c1-19-16-24-26(17-19)18-22-11-14-25(15-12-22)13-5-3-4-6-21-7-9-23(10-8-21)20(2)27/h16-17,21-23H,3-15,18H2,1-2H3/t21-,23+. The second-order valence-corrected chi connectivity index (χ2v) is 9.20. The van der Waals surface area contributed by atoms with Gasteiger partial charge >= 0.3 is 0 Å². The first kappa shape index (κ1) is 20.6. The van der Waals surface area contributed by atoms with Crippen molar-refractivity contribution < 1.29 is 4.79 Å². The number of carbonyl (C=O) groups excluding carboxylic acids is 1. The average Bonchev–Trinajstić information content (AvgIpc) is 3.08. The molecule has 0 bridgehead atoms. The molecular weight excluding hydrogens is 334 g/mol. The molecule has 0 atom stereocenters. The molecule has 152 valence electrons. The number of aryl methyl sites for hydroxylation is 1. The zero-order valence-corrected chi connectivity index (χ0v) is 17.5.